The Morgan fingerprint density at radius 3 is 2.32 bits per heavy atom. The van der Waals surface area contributed by atoms with Gasteiger partial charge in [0.15, 0.2) is 0 Å². The molecule has 0 unspecified atom stereocenters. The summed E-state index contributed by atoms with van der Waals surface area (Å²) in [6, 6.07) is 16.8. The molecule has 3 aromatic rings. The topological polar surface area (TPSA) is 79.9 Å². The van der Waals surface area contributed by atoms with Crippen LogP contribution in [0.4, 0.5) is 16.2 Å². The van der Waals surface area contributed by atoms with Gasteiger partial charge in [0.25, 0.3) is 5.91 Å². The van der Waals surface area contributed by atoms with Gasteiger partial charge >= 0.3 is 6.03 Å². The fraction of sp³-hybridized carbons (Fsp3) is 0.333. The Bertz CT molecular complexity index is 1200. The molecule has 1 aliphatic heterocycles. The van der Waals surface area contributed by atoms with Crippen molar-refractivity contribution in [3.8, 4) is 5.75 Å². The number of carbonyl (C=O) groups excluding carboxylic acids is 2. The maximum atomic E-state index is 13.4. The Labute approximate surface area is 200 Å². The number of ether oxygens (including phenoxy) is 2. The standard InChI is InChI=1S/C27H31N3O4/c1-27(2,3)21-17-23(20(16-24(21)33-4)25(31)30-12-14-34-15-13-30)29-26(32)28-22-11-7-9-18-8-5-6-10-19(18)22/h5-11,16-17H,12-15H2,1-4H3,(H2,28,29,32). The molecule has 178 valence electrons. The maximum Gasteiger partial charge on any atom is 0.323 e. The third-order valence-corrected chi connectivity index (χ3v) is 5.96. The van der Waals surface area contributed by atoms with Gasteiger partial charge in [0.1, 0.15) is 5.75 Å². The molecule has 0 spiro atoms. The summed E-state index contributed by atoms with van der Waals surface area (Å²) < 4.78 is 11.0. The number of morpholine rings is 1. The first-order valence-corrected chi connectivity index (χ1v) is 11.4. The number of methoxy groups -OCH3 is 1. The highest BCUT2D eigenvalue weighted by Crippen LogP contribution is 2.36. The number of rotatable bonds is 4. The highest BCUT2D eigenvalue weighted by atomic mass is 16.5. The lowest BCUT2D eigenvalue weighted by atomic mass is 9.85. The minimum Gasteiger partial charge on any atom is -0.496 e. The lowest BCUT2D eigenvalue weighted by molar-refractivity contribution is 0.0303. The van der Waals surface area contributed by atoms with E-state index in [2.05, 4.69) is 31.4 Å². The van der Waals surface area contributed by atoms with Crippen LogP contribution in [0, 0.1) is 0 Å². The minimum atomic E-state index is -0.419. The van der Waals surface area contributed by atoms with E-state index in [-0.39, 0.29) is 11.3 Å². The maximum absolute atomic E-state index is 13.4. The average Bonchev–Trinajstić information content (AvgIpc) is 2.83. The summed E-state index contributed by atoms with van der Waals surface area (Å²) in [6.07, 6.45) is 0. The molecule has 1 saturated heterocycles. The number of urea groups is 1. The van der Waals surface area contributed by atoms with Gasteiger partial charge in [0.05, 0.1) is 37.3 Å². The van der Waals surface area contributed by atoms with E-state index < -0.39 is 6.03 Å². The largest absolute Gasteiger partial charge is 0.496 e. The first-order chi connectivity index (χ1) is 16.3. The second kappa shape index (κ2) is 9.73. The van der Waals surface area contributed by atoms with Gasteiger partial charge in [-0.1, -0.05) is 57.2 Å². The molecule has 34 heavy (non-hydrogen) atoms. The number of carbonyl (C=O) groups is 2. The second-order valence-electron chi connectivity index (χ2n) is 9.36. The van der Waals surface area contributed by atoms with Crippen molar-refractivity contribution in [2.45, 2.75) is 26.2 Å². The van der Waals surface area contributed by atoms with Gasteiger partial charge in [0, 0.05) is 24.0 Å². The summed E-state index contributed by atoms with van der Waals surface area (Å²) in [4.78, 5) is 28.2. The van der Waals surface area contributed by atoms with Crippen molar-refractivity contribution in [2.24, 2.45) is 0 Å². The fourth-order valence-corrected chi connectivity index (χ4v) is 4.16. The van der Waals surface area contributed by atoms with Crippen LogP contribution in [0.25, 0.3) is 10.8 Å². The number of amides is 3. The summed E-state index contributed by atoms with van der Waals surface area (Å²) >= 11 is 0. The number of benzene rings is 3. The molecular weight excluding hydrogens is 430 g/mol. The zero-order chi connectivity index (χ0) is 24.3. The zero-order valence-electron chi connectivity index (χ0n) is 20.1. The summed E-state index contributed by atoms with van der Waals surface area (Å²) in [7, 11) is 1.59. The van der Waals surface area contributed by atoms with Gasteiger partial charge in [-0.2, -0.15) is 0 Å². The molecule has 1 aliphatic rings. The summed E-state index contributed by atoms with van der Waals surface area (Å²) in [5, 5.41) is 7.83. The van der Waals surface area contributed by atoms with E-state index in [1.807, 2.05) is 48.5 Å². The van der Waals surface area contributed by atoms with E-state index in [1.54, 1.807) is 18.1 Å². The number of hydrogen-bond acceptors (Lipinski definition) is 4. The fourth-order valence-electron chi connectivity index (χ4n) is 4.16. The molecule has 3 aromatic carbocycles. The van der Waals surface area contributed by atoms with E-state index in [0.717, 1.165) is 16.3 Å². The van der Waals surface area contributed by atoms with Crippen LogP contribution in [0.1, 0.15) is 36.7 Å². The molecule has 0 aromatic heterocycles. The number of fused-ring (bicyclic) bond motifs is 1. The van der Waals surface area contributed by atoms with Gasteiger partial charge in [-0.25, -0.2) is 4.79 Å². The molecule has 4 rings (SSSR count). The highest BCUT2D eigenvalue weighted by molar-refractivity contribution is 6.09. The SMILES string of the molecule is COc1cc(C(=O)N2CCOCC2)c(NC(=O)Nc2cccc3ccccc23)cc1C(C)(C)C. The minimum absolute atomic E-state index is 0.164. The van der Waals surface area contributed by atoms with Crippen LogP contribution in [-0.4, -0.2) is 50.3 Å². The van der Waals surface area contributed by atoms with Gasteiger partial charge in [0.2, 0.25) is 0 Å². The van der Waals surface area contributed by atoms with Crippen molar-refractivity contribution in [1.82, 2.24) is 4.90 Å². The molecular formula is C27H31N3O4. The predicted octanol–water partition coefficient (Wildman–Crippen LogP) is 5.26. The van der Waals surface area contributed by atoms with E-state index in [9.17, 15) is 9.59 Å². The zero-order valence-corrected chi connectivity index (χ0v) is 20.1. The average molecular weight is 462 g/mol. The van der Waals surface area contributed by atoms with Crippen LogP contribution >= 0.6 is 0 Å². The third-order valence-electron chi connectivity index (χ3n) is 5.96. The molecule has 3 amide bonds. The van der Waals surface area contributed by atoms with Crippen molar-refractivity contribution in [3.05, 3.63) is 65.7 Å². The summed E-state index contributed by atoms with van der Waals surface area (Å²) in [6.45, 7) is 8.19. The normalized spacial score (nSPS) is 14.1. The molecule has 0 saturated carbocycles. The molecule has 2 N–H and O–H groups in total. The number of hydrogen-bond donors (Lipinski definition) is 2. The van der Waals surface area contributed by atoms with Crippen LogP contribution in [-0.2, 0) is 10.2 Å². The molecule has 0 radical (unpaired) electrons. The van der Waals surface area contributed by atoms with Gasteiger partial charge in [-0.05, 0) is 29.0 Å². The molecule has 1 fully saturated rings. The van der Waals surface area contributed by atoms with Crippen LogP contribution < -0.4 is 15.4 Å². The number of nitrogens with zero attached hydrogens (tertiary/aromatic N) is 1. The highest BCUT2D eigenvalue weighted by Gasteiger charge is 2.27. The van der Waals surface area contributed by atoms with E-state index >= 15 is 0 Å². The van der Waals surface area contributed by atoms with Crippen molar-refractivity contribution in [3.63, 3.8) is 0 Å². The molecule has 0 bridgehead atoms. The molecule has 7 heteroatoms. The summed E-state index contributed by atoms with van der Waals surface area (Å²) in [5.41, 5.74) is 2.17. The monoisotopic (exact) mass is 461 g/mol. The number of anilines is 2. The smallest absolute Gasteiger partial charge is 0.323 e. The lowest BCUT2D eigenvalue weighted by Gasteiger charge is -2.29. The Morgan fingerprint density at radius 1 is 0.941 bits per heavy atom. The van der Waals surface area contributed by atoms with Crippen LogP contribution in [0.3, 0.4) is 0 Å². The quantitative estimate of drug-likeness (QED) is 0.555. The van der Waals surface area contributed by atoms with Crippen molar-refractivity contribution < 1.29 is 19.1 Å². The second-order valence-corrected chi connectivity index (χ2v) is 9.36. The van der Waals surface area contributed by atoms with E-state index in [1.165, 1.54) is 0 Å². The van der Waals surface area contributed by atoms with Gasteiger partial charge in [-0.3, -0.25) is 4.79 Å². The van der Waals surface area contributed by atoms with Crippen molar-refractivity contribution in [1.29, 1.82) is 0 Å². The molecule has 0 aliphatic carbocycles. The van der Waals surface area contributed by atoms with Crippen molar-refractivity contribution >= 4 is 34.1 Å². The van der Waals surface area contributed by atoms with E-state index in [4.69, 9.17) is 9.47 Å². The molecule has 1 heterocycles. The molecule has 7 nitrogen and oxygen atoms in total. The van der Waals surface area contributed by atoms with Crippen LogP contribution in [0.2, 0.25) is 0 Å². The number of nitrogens with one attached hydrogen (secondary N) is 2. The van der Waals surface area contributed by atoms with Crippen molar-refractivity contribution in [2.75, 3.05) is 44.0 Å². The lowest BCUT2D eigenvalue weighted by Crippen LogP contribution is -2.41. The Kier molecular flexibility index (Phi) is 6.75. The first-order valence-electron chi connectivity index (χ1n) is 11.4. The van der Waals surface area contributed by atoms with E-state index in [0.29, 0.717) is 49.0 Å². The van der Waals surface area contributed by atoms with Crippen LogP contribution in [0.15, 0.2) is 54.6 Å². The Morgan fingerprint density at radius 2 is 1.62 bits per heavy atom. The van der Waals surface area contributed by atoms with Gasteiger partial charge in [-0.15, -0.1) is 0 Å². The Hall–Kier alpha value is -3.58. The van der Waals surface area contributed by atoms with Gasteiger partial charge < -0.3 is 25.0 Å². The first kappa shape index (κ1) is 23.6. The predicted molar refractivity (Wildman–Crippen MR) is 135 cm³/mol. The van der Waals surface area contributed by atoms with Crippen LogP contribution in [0.5, 0.6) is 5.75 Å². The Balaban J connectivity index is 1.69. The molecule has 0 atom stereocenters. The third kappa shape index (κ3) is 4.99. The summed E-state index contributed by atoms with van der Waals surface area (Å²) in [5.74, 6) is 0.451.